The molecule has 1 saturated heterocycles. The third kappa shape index (κ3) is 3.42. The summed E-state index contributed by atoms with van der Waals surface area (Å²) in [5.74, 6) is 0.781. The van der Waals surface area contributed by atoms with Crippen LogP contribution in [0.4, 0.5) is 0 Å². The number of aromatic nitrogens is 3. The molecule has 128 valence electrons. The minimum Gasteiger partial charge on any atom is -0.469 e. The molecule has 1 aliphatic rings. The summed E-state index contributed by atoms with van der Waals surface area (Å²) < 4.78 is 9.33. The predicted octanol–water partition coefficient (Wildman–Crippen LogP) is 2.46. The smallest absolute Gasteiger partial charge is 0.308 e. The number of hydrogen-bond acceptors (Lipinski definition) is 5. The Morgan fingerprint density at radius 1 is 1.29 bits per heavy atom. The van der Waals surface area contributed by atoms with Gasteiger partial charge in [-0.15, -0.1) is 0 Å². The minimum atomic E-state index is -0.101. The van der Waals surface area contributed by atoms with E-state index in [4.69, 9.17) is 17.0 Å². The van der Waals surface area contributed by atoms with E-state index >= 15 is 0 Å². The van der Waals surface area contributed by atoms with Gasteiger partial charge in [0.25, 0.3) is 0 Å². The zero-order valence-corrected chi connectivity index (χ0v) is 14.8. The molecule has 2 heterocycles. The van der Waals surface area contributed by atoms with E-state index in [2.05, 4.69) is 10.00 Å². The Balaban J connectivity index is 1.71. The molecule has 0 radical (unpaired) electrons. The zero-order valence-electron chi connectivity index (χ0n) is 14.0. The van der Waals surface area contributed by atoms with Crippen LogP contribution in [0, 0.1) is 10.7 Å². The molecule has 1 aliphatic heterocycles. The Kier molecular flexibility index (Phi) is 5.11. The van der Waals surface area contributed by atoms with Crippen molar-refractivity contribution in [3.05, 3.63) is 35.1 Å². The fourth-order valence-corrected chi connectivity index (χ4v) is 3.27. The number of rotatable bonds is 4. The Labute approximate surface area is 146 Å². The lowest BCUT2D eigenvalue weighted by molar-refractivity contribution is -0.147. The number of benzene rings is 1. The SMILES string of the molecule is COC(=O)C1CCN(Cn2nc(-c3ccccc3)n(C)c2=S)CC1. The maximum Gasteiger partial charge on any atom is 0.308 e. The van der Waals surface area contributed by atoms with Gasteiger partial charge in [-0.2, -0.15) is 5.10 Å². The lowest BCUT2D eigenvalue weighted by Crippen LogP contribution is -2.38. The van der Waals surface area contributed by atoms with Gasteiger partial charge < -0.3 is 9.30 Å². The second-order valence-electron chi connectivity index (χ2n) is 6.09. The molecule has 24 heavy (non-hydrogen) atoms. The molecule has 1 aromatic carbocycles. The van der Waals surface area contributed by atoms with Crippen molar-refractivity contribution in [2.24, 2.45) is 13.0 Å². The van der Waals surface area contributed by atoms with Crippen molar-refractivity contribution in [2.75, 3.05) is 20.2 Å². The van der Waals surface area contributed by atoms with Crippen LogP contribution in [0.3, 0.4) is 0 Å². The van der Waals surface area contributed by atoms with E-state index in [1.54, 1.807) is 0 Å². The summed E-state index contributed by atoms with van der Waals surface area (Å²) in [7, 11) is 3.39. The Bertz CT molecular complexity index is 761. The van der Waals surface area contributed by atoms with Crippen LogP contribution in [0.1, 0.15) is 12.8 Å². The van der Waals surface area contributed by atoms with Crippen molar-refractivity contribution in [3.8, 4) is 11.4 Å². The van der Waals surface area contributed by atoms with Crippen molar-refractivity contribution >= 4 is 18.2 Å². The summed E-state index contributed by atoms with van der Waals surface area (Å²) in [5.41, 5.74) is 1.05. The van der Waals surface area contributed by atoms with Gasteiger partial charge in [0.15, 0.2) is 10.6 Å². The van der Waals surface area contributed by atoms with Crippen molar-refractivity contribution < 1.29 is 9.53 Å². The van der Waals surface area contributed by atoms with Gasteiger partial charge in [0.1, 0.15) is 0 Å². The second-order valence-corrected chi connectivity index (χ2v) is 6.45. The molecule has 2 aromatic rings. The molecule has 6 nitrogen and oxygen atoms in total. The normalized spacial score (nSPS) is 16.2. The highest BCUT2D eigenvalue weighted by Crippen LogP contribution is 2.20. The number of methoxy groups -OCH3 is 1. The molecule has 0 unspecified atom stereocenters. The van der Waals surface area contributed by atoms with Crippen molar-refractivity contribution in [1.29, 1.82) is 0 Å². The molecule has 0 aliphatic carbocycles. The van der Waals surface area contributed by atoms with E-state index in [1.807, 2.05) is 46.6 Å². The quantitative estimate of drug-likeness (QED) is 0.629. The molecular weight excluding hydrogens is 324 g/mol. The van der Waals surface area contributed by atoms with Crippen LogP contribution < -0.4 is 0 Å². The molecule has 0 atom stereocenters. The van der Waals surface area contributed by atoms with Crippen LogP contribution in [0.25, 0.3) is 11.4 Å². The Hall–Kier alpha value is -1.99. The average molecular weight is 346 g/mol. The molecule has 0 saturated carbocycles. The fourth-order valence-electron chi connectivity index (χ4n) is 3.08. The zero-order chi connectivity index (χ0) is 17.1. The van der Waals surface area contributed by atoms with Crippen molar-refractivity contribution in [1.82, 2.24) is 19.2 Å². The maximum absolute atomic E-state index is 11.6. The highest BCUT2D eigenvalue weighted by Gasteiger charge is 2.26. The standard InChI is InChI=1S/C17H22N4O2S/c1-19-15(13-6-4-3-5-7-13)18-21(17(19)24)12-20-10-8-14(9-11-20)16(22)23-2/h3-7,14H,8-12H2,1-2H3. The van der Waals surface area contributed by atoms with Crippen LogP contribution in [0.15, 0.2) is 30.3 Å². The first kappa shape index (κ1) is 16.9. The first-order valence-corrected chi connectivity index (χ1v) is 8.50. The maximum atomic E-state index is 11.6. The Morgan fingerprint density at radius 3 is 2.58 bits per heavy atom. The largest absolute Gasteiger partial charge is 0.469 e. The van der Waals surface area contributed by atoms with Gasteiger partial charge in [-0.05, 0) is 25.1 Å². The van der Waals surface area contributed by atoms with Gasteiger partial charge in [0.05, 0.1) is 19.7 Å². The first-order valence-electron chi connectivity index (χ1n) is 8.09. The van der Waals surface area contributed by atoms with Gasteiger partial charge in [0, 0.05) is 25.7 Å². The third-order valence-electron chi connectivity index (χ3n) is 4.53. The van der Waals surface area contributed by atoms with Gasteiger partial charge in [-0.1, -0.05) is 30.3 Å². The number of ether oxygens (including phenoxy) is 1. The number of piperidine rings is 1. The molecular formula is C17H22N4O2S. The summed E-state index contributed by atoms with van der Waals surface area (Å²) in [4.78, 5) is 13.9. The van der Waals surface area contributed by atoms with Gasteiger partial charge in [-0.3, -0.25) is 9.69 Å². The number of carbonyl (C=O) groups is 1. The number of nitrogens with zero attached hydrogens (tertiary/aromatic N) is 4. The molecule has 0 amide bonds. The molecule has 7 heteroatoms. The monoisotopic (exact) mass is 346 g/mol. The van der Waals surface area contributed by atoms with Gasteiger partial charge in [0.2, 0.25) is 0 Å². The van der Waals surface area contributed by atoms with Crippen LogP contribution in [0.2, 0.25) is 0 Å². The summed E-state index contributed by atoms with van der Waals surface area (Å²) in [6.45, 7) is 2.34. The highest BCUT2D eigenvalue weighted by atomic mass is 32.1. The summed E-state index contributed by atoms with van der Waals surface area (Å²) in [6.07, 6.45) is 1.64. The van der Waals surface area contributed by atoms with Gasteiger partial charge in [-0.25, -0.2) is 4.68 Å². The molecule has 0 spiro atoms. The summed E-state index contributed by atoms with van der Waals surface area (Å²) in [5, 5.41) is 4.69. The highest BCUT2D eigenvalue weighted by molar-refractivity contribution is 7.71. The summed E-state index contributed by atoms with van der Waals surface area (Å²) in [6, 6.07) is 10.0. The fraction of sp³-hybridized carbons (Fsp3) is 0.471. The van der Waals surface area contributed by atoms with E-state index in [1.165, 1.54) is 7.11 Å². The second kappa shape index (κ2) is 7.27. The topological polar surface area (TPSA) is 52.3 Å². The van der Waals surface area contributed by atoms with E-state index < -0.39 is 0 Å². The molecule has 0 N–H and O–H groups in total. The molecule has 3 rings (SSSR count). The van der Waals surface area contributed by atoms with E-state index in [0.29, 0.717) is 11.4 Å². The number of likely N-dealkylation sites (tertiary alicyclic amines) is 1. The van der Waals surface area contributed by atoms with Crippen molar-refractivity contribution in [3.63, 3.8) is 0 Å². The van der Waals surface area contributed by atoms with Crippen LogP contribution >= 0.6 is 12.2 Å². The first-order chi connectivity index (χ1) is 11.6. The molecule has 1 fully saturated rings. The van der Waals surface area contributed by atoms with E-state index in [9.17, 15) is 4.79 Å². The van der Waals surface area contributed by atoms with Crippen LogP contribution in [-0.4, -0.2) is 45.4 Å². The van der Waals surface area contributed by atoms with E-state index in [0.717, 1.165) is 37.3 Å². The predicted molar refractivity (Wildman–Crippen MR) is 93.8 cm³/mol. The lowest BCUT2D eigenvalue weighted by Gasteiger charge is -2.30. The average Bonchev–Trinajstić information content (AvgIpc) is 2.91. The minimum absolute atomic E-state index is 0.0165. The van der Waals surface area contributed by atoms with Crippen LogP contribution in [0.5, 0.6) is 0 Å². The third-order valence-corrected chi connectivity index (χ3v) is 5.01. The van der Waals surface area contributed by atoms with Crippen molar-refractivity contribution in [2.45, 2.75) is 19.5 Å². The number of hydrogen-bond donors (Lipinski definition) is 0. The molecule has 1 aromatic heterocycles. The molecule has 0 bridgehead atoms. The summed E-state index contributed by atoms with van der Waals surface area (Å²) >= 11 is 5.53. The van der Waals surface area contributed by atoms with Gasteiger partial charge >= 0.3 is 5.97 Å². The Morgan fingerprint density at radius 2 is 1.96 bits per heavy atom. The van der Waals surface area contributed by atoms with E-state index in [-0.39, 0.29) is 11.9 Å². The van der Waals surface area contributed by atoms with Crippen LogP contribution in [-0.2, 0) is 23.2 Å². The lowest BCUT2D eigenvalue weighted by atomic mass is 9.97. The number of esters is 1. The number of carbonyl (C=O) groups excluding carboxylic acids is 1.